The molecule has 2 rings (SSSR count). The number of rotatable bonds is 1. The van der Waals surface area contributed by atoms with Crippen molar-refractivity contribution in [2.45, 2.75) is 38.9 Å². The van der Waals surface area contributed by atoms with Gasteiger partial charge in [0.1, 0.15) is 5.82 Å². The molecule has 0 amide bonds. The Kier molecular flexibility index (Phi) is 3.13. The second kappa shape index (κ2) is 4.07. The Morgan fingerprint density at radius 2 is 1.65 bits per heavy atom. The molecule has 17 heavy (non-hydrogen) atoms. The van der Waals surface area contributed by atoms with Crippen molar-refractivity contribution in [3.05, 3.63) is 28.5 Å². The molecule has 1 aliphatic rings. The second-order valence-corrected chi connectivity index (χ2v) is 6.17. The lowest BCUT2D eigenvalue weighted by Gasteiger charge is -2.32. The molecular formula is C12H15BBrFO2. The van der Waals surface area contributed by atoms with Crippen molar-refractivity contribution in [3.63, 3.8) is 0 Å². The smallest absolute Gasteiger partial charge is 0.399 e. The van der Waals surface area contributed by atoms with Crippen molar-refractivity contribution in [2.24, 2.45) is 0 Å². The molecule has 2 nitrogen and oxygen atoms in total. The summed E-state index contributed by atoms with van der Waals surface area (Å²) in [4.78, 5) is 0. The van der Waals surface area contributed by atoms with Gasteiger partial charge in [-0.3, -0.25) is 0 Å². The fourth-order valence-electron chi connectivity index (χ4n) is 1.66. The summed E-state index contributed by atoms with van der Waals surface area (Å²) in [5.41, 5.74) is -0.458. The highest BCUT2D eigenvalue weighted by Gasteiger charge is 2.52. The zero-order valence-electron chi connectivity index (χ0n) is 10.4. The first-order valence-electron chi connectivity index (χ1n) is 5.53. The monoisotopic (exact) mass is 300 g/mol. The highest BCUT2D eigenvalue weighted by molar-refractivity contribution is 9.10. The third-order valence-electron chi connectivity index (χ3n) is 3.47. The van der Waals surface area contributed by atoms with E-state index in [0.29, 0.717) is 9.94 Å². The van der Waals surface area contributed by atoms with Crippen LogP contribution in [-0.2, 0) is 9.31 Å². The second-order valence-electron chi connectivity index (χ2n) is 5.25. The Labute approximate surface area is 110 Å². The van der Waals surface area contributed by atoms with Crippen LogP contribution >= 0.6 is 15.9 Å². The van der Waals surface area contributed by atoms with Crippen LogP contribution in [0.3, 0.4) is 0 Å². The van der Waals surface area contributed by atoms with Crippen LogP contribution in [0.25, 0.3) is 0 Å². The van der Waals surface area contributed by atoms with E-state index in [9.17, 15) is 4.39 Å². The third-order valence-corrected chi connectivity index (χ3v) is 3.96. The van der Waals surface area contributed by atoms with Gasteiger partial charge >= 0.3 is 7.12 Å². The molecule has 0 atom stereocenters. The van der Waals surface area contributed by atoms with Crippen LogP contribution in [0.4, 0.5) is 4.39 Å². The standard InChI is InChI=1S/C12H15BBrFO2/c1-11(2)12(3,4)17-13(16-11)9-6-5-8(14)7-10(9)15/h5-7H,1-4H3. The van der Waals surface area contributed by atoms with E-state index in [0.717, 1.165) is 0 Å². The molecule has 5 heteroatoms. The van der Waals surface area contributed by atoms with Crippen LogP contribution in [0.2, 0.25) is 0 Å². The normalized spacial score (nSPS) is 21.9. The van der Waals surface area contributed by atoms with Crippen LogP contribution in [0.5, 0.6) is 0 Å². The van der Waals surface area contributed by atoms with E-state index in [1.807, 2.05) is 27.7 Å². The molecule has 1 aromatic rings. The Morgan fingerprint density at radius 3 is 2.12 bits per heavy atom. The zero-order valence-corrected chi connectivity index (χ0v) is 12.0. The zero-order chi connectivity index (χ0) is 12.8. The van der Waals surface area contributed by atoms with Gasteiger partial charge in [0.25, 0.3) is 0 Å². The molecule has 1 fully saturated rings. The number of hydrogen-bond donors (Lipinski definition) is 0. The summed E-state index contributed by atoms with van der Waals surface area (Å²) in [7, 11) is -0.645. The minimum absolute atomic E-state index is 0.321. The minimum atomic E-state index is -0.645. The Hall–Kier alpha value is -0.385. The van der Waals surface area contributed by atoms with Gasteiger partial charge < -0.3 is 9.31 Å². The number of benzene rings is 1. The summed E-state index contributed by atoms with van der Waals surface area (Å²) in [6.45, 7) is 7.79. The van der Waals surface area contributed by atoms with Crippen molar-refractivity contribution < 1.29 is 13.7 Å². The third kappa shape index (κ3) is 2.28. The van der Waals surface area contributed by atoms with Crippen molar-refractivity contribution in [3.8, 4) is 0 Å². The Morgan fingerprint density at radius 1 is 1.12 bits per heavy atom. The maximum Gasteiger partial charge on any atom is 0.497 e. The Balaban J connectivity index is 2.32. The molecule has 0 bridgehead atoms. The average molecular weight is 301 g/mol. The molecule has 1 aromatic carbocycles. The largest absolute Gasteiger partial charge is 0.497 e. The first-order chi connectivity index (χ1) is 7.73. The highest BCUT2D eigenvalue weighted by Crippen LogP contribution is 2.36. The summed E-state index contributed by atoms with van der Waals surface area (Å²) in [5, 5.41) is 0. The van der Waals surface area contributed by atoms with Crippen molar-refractivity contribution >= 4 is 28.5 Å². The fourth-order valence-corrected chi connectivity index (χ4v) is 2.00. The maximum atomic E-state index is 13.8. The van der Waals surface area contributed by atoms with Gasteiger partial charge in [0, 0.05) is 9.94 Å². The molecule has 0 radical (unpaired) electrons. The van der Waals surface area contributed by atoms with Crippen molar-refractivity contribution in [1.29, 1.82) is 0 Å². The lowest BCUT2D eigenvalue weighted by molar-refractivity contribution is 0.00578. The molecule has 1 saturated heterocycles. The van der Waals surface area contributed by atoms with E-state index < -0.39 is 18.3 Å². The first-order valence-corrected chi connectivity index (χ1v) is 6.33. The predicted octanol–water partition coefficient (Wildman–Crippen LogP) is 2.89. The molecule has 0 aliphatic carbocycles. The summed E-state index contributed by atoms with van der Waals surface area (Å²) < 4.78 is 26.1. The predicted molar refractivity (Wildman–Crippen MR) is 69.8 cm³/mol. The average Bonchev–Trinajstić information content (AvgIpc) is 2.35. The van der Waals surface area contributed by atoms with Gasteiger partial charge in [-0.2, -0.15) is 0 Å². The topological polar surface area (TPSA) is 18.5 Å². The van der Waals surface area contributed by atoms with Crippen molar-refractivity contribution in [1.82, 2.24) is 0 Å². The maximum absolute atomic E-state index is 13.8. The fraction of sp³-hybridized carbons (Fsp3) is 0.500. The van der Waals surface area contributed by atoms with Crippen LogP contribution in [0.15, 0.2) is 22.7 Å². The van der Waals surface area contributed by atoms with Gasteiger partial charge in [-0.1, -0.05) is 22.0 Å². The van der Waals surface area contributed by atoms with E-state index in [-0.39, 0.29) is 5.82 Å². The molecule has 0 N–H and O–H groups in total. The van der Waals surface area contributed by atoms with E-state index in [1.165, 1.54) is 6.07 Å². The van der Waals surface area contributed by atoms with Crippen LogP contribution < -0.4 is 5.46 Å². The van der Waals surface area contributed by atoms with E-state index in [1.54, 1.807) is 12.1 Å². The summed E-state index contributed by atoms with van der Waals surface area (Å²) >= 11 is 3.23. The molecule has 92 valence electrons. The van der Waals surface area contributed by atoms with E-state index >= 15 is 0 Å². The molecular weight excluding hydrogens is 286 g/mol. The SMILES string of the molecule is CC1(C)OB(c2ccc(Br)cc2F)OC1(C)C. The summed E-state index contributed by atoms with van der Waals surface area (Å²) in [6.07, 6.45) is 0. The number of halogens is 2. The molecule has 1 heterocycles. The van der Waals surface area contributed by atoms with Crippen LogP contribution in [-0.4, -0.2) is 18.3 Å². The van der Waals surface area contributed by atoms with Gasteiger partial charge in [-0.15, -0.1) is 0 Å². The van der Waals surface area contributed by atoms with Gasteiger partial charge in [0.05, 0.1) is 11.2 Å². The number of hydrogen-bond acceptors (Lipinski definition) is 2. The van der Waals surface area contributed by atoms with Gasteiger partial charge in [0.2, 0.25) is 0 Å². The lowest BCUT2D eigenvalue weighted by atomic mass is 9.79. The van der Waals surface area contributed by atoms with Gasteiger partial charge in [-0.25, -0.2) is 4.39 Å². The van der Waals surface area contributed by atoms with Gasteiger partial charge in [0.15, 0.2) is 0 Å². The van der Waals surface area contributed by atoms with Crippen molar-refractivity contribution in [2.75, 3.05) is 0 Å². The first kappa shape index (κ1) is 13.1. The lowest BCUT2D eigenvalue weighted by Crippen LogP contribution is -2.41. The van der Waals surface area contributed by atoms with E-state index in [4.69, 9.17) is 9.31 Å². The van der Waals surface area contributed by atoms with Crippen LogP contribution in [0.1, 0.15) is 27.7 Å². The summed E-state index contributed by atoms with van der Waals surface area (Å²) in [5.74, 6) is -0.321. The van der Waals surface area contributed by atoms with E-state index in [2.05, 4.69) is 15.9 Å². The molecule has 0 aromatic heterocycles. The summed E-state index contributed by atoms with van der Waals surface area (Å²) in [6, 6.07) is 4.88. The molecule has 0 spiro atoms. The van der Waals surface area contributed by atoms with Gasteiger partial charge in [-0.05, 0) is 39.8 Å². The van der Waals surface area contributed by atoms with Crippen LogP contribution in [0, 0.1) is 5.82 Å². The highest BCUT2D eigenvalue weighted by atomic mass is 79.9. The molecule has 0 saturated carbocycles. The minimum Gasteiger partial charge on any atom is -0.399 e. The Bertz CT molecular complexity index is 432. The quantitative estimate of drug-likeness (QED) is 0.743. The molecule has 1 aliphatic heterocycles. The molecule has 0 unspecified atom stereocenters.